The van der Waals surface area contributed by atoms with E-state index in [-0.39, 0.29) is 4.90 Å². The number of halogens is 2. The first-order chi connectivity index (χ1) is 13.9. The standard InChI is InChI=1S/C21H15BrClN3O2S/c22-17-10-6-15(7-11-17)20-14-21(16-8-12-18(23)13-9-16)26(24-20)25-29(27,28)19-4-2-1-3-5-19/h1-14,25H. The first-order valence-corrected chi connectivity index (χ1v) is 11.3. The highest BCUT2D eigenvalue weighted by Crippen LogP contribution is 2.28. The first kappa shape index (κ1) is 19.7. The van der Waals surface area contributed by atoms with Gasteiger partial charge in [0.15, 0.2) is 0 Å². The lowest BCUT2D eigenvalue weighted by atomic mass is 10.1. The van der Waals surface area contributed by atoms with Crippen LogP contribution in [-0.4, -0.2) is 18.3 Å². The highest BCUT2D eigenvalue weighted by Gasteiger charge is 2.18. The summed E-state index contributed by atoms with van der Waals surface area (Å²) in [7, 11) is -3.81. The van der Waals surface area contributed by atoms with E-state index in [1.54, 1.807) is 30.3 Å². The molecule has 1 heterocycles. The van der Waals surface area contributed by atoms with Crippen molar-refractivity contribution in [3.63, 3.8) is 0 Å². The Hall–Kier alpha value is -2.61. The molecule has 0 aliphatic heterocycles. The van der Waals surface area contributed by atoms with E-state index in [0.717, 1.165) is 15.6 Å². The molecule has 0 aliphatic carbocycles. The van der Waals surface area contributed by atoms with Crippen molar-refractivity contribution in [3.8, 4) is 22.5 Å². The third-order valence-corrected chi connectivity index (χ3v) is 6.34. The predicted molar refractivity (Wildman–Crippen MR) is 119 cm³/mol. The molecule has 4 rings (SSSR count). The predicted octanol–water partition coefficient (Wildman–Crippen LogP) is 5.57. The summed E-state index contributed by atoms with van der Waals surface area (Å²) in [5, 5.41) is 5.09. The number of aromatic nitrogens is 2. The van der Waals surface area contributed by atoms with Gasteiger partial charge in [-0.15, -0.1) is 0 Å². The van der Waals surface area contributed by atoms with Crippen molar-refractivity contribution in [2.45, 2.75) is 4.90 Å². The van der Waals surface area contributed by atoms with Crippen LogP contribution in [0.1, 0.15) is 0 Å². The fourth-order valence-corrected chi connectivity index (χ4v) is 4.18. The molecule has 1 N–H and O–H groups in total. The fraction of sp³-hybridized carbons (Fsp3) is 0. The molecule has 4 aromatic rings. The van der Waals surface area contributed by atoms with Gasteiger partial charge in [0.05, 0.1) is 16.3 Å². The summed E-state index contributed by atoms with van der Waals surface area (Å²) < 4.78 is 26.6. The highest BCUT2D eigenvalue weighted by molar-refractivity contribution is 9.10. The van der Waals surface area contributed by atoms with Crippen LogP contribution in [0, 0.1) is 0 Å². The minimum atomic E-state index is -3.81. The molecule has 146 valence electrons. The van der Waals surface area contributed by atoms with Gasteiger partial charge >= 0.3 is 0 Å². The van der Waals surface area contributed by atoms with Gasteiger partial charge in [-0.1, -0.05) is 70.0 Å². The minimum Gasteiger partial charge on any atom is -0.200 e. The van der Waals surface area contributed by atoms with Crippen molar-refractivity contribution in [1.82, 2.24) is 9.89 Å². The van der Waals surface area contributed by atoms with Crippen LogP contribution in [0.15, 0.2) is 94.3 Å². The smallest absolute Gasteiger partial charge is 0.200 e. The highest BCUT2D eigenvalue weighted by atomic mass is 79.9. The number of rotatable bonds is 5. The number of nitrogens with zero attached hydrogens (tertiary/aromatic N) is 2. The van der Waals surface area contributed by atoms with Gasteiger partial charge in [0.1, 0.15) is 0 Å². The molecule has 0 saturated carbocycles. The Morgan fingerprint density at radius 1 is 0.862 bits per heavy atom. The maximum Gasteiger partial charge on any atom is 0.276 e. The third kappa shape index (κ3) is 4.37. The lowest BCUT2D eigenvalue weighted by Crippen LogP contribution is -2.25. The second-order valence-corrected chi connectivity index (χ2v) is 9.26. The Balaban J connectivity index is 1.80. The van der Waals surface area contributed by atoms with Gasteiger partial charge in [-0.3, -0.25) is 0 Å². The van der Waals surface area contributed by atoms with Crippen LogP contribution in [-0.2, 0) is 10.0 Å². The van der Waals surface area contributed by atoms with Crippen molar-refractivity contribution in [2.75, 3.05) is 4.83 Å². The summed E-state index contributed by atoms with van der Waals surface area (Å²) >= 11 is 9.42. The van der Waals surface area contributed by atoms with Gasteiger partial charge in [-0.25, -0.2) is 0 Å². The molecule has 0 radical (unpaired) electrons. The number of nitrogens with one attached hydrogen (secondary N) is 1. The molecule has 0 aliphatic rings. The molecule has 29 heavy (non-hydrogen) atoms. The molecule has 0 amide bonds. The van der Waals surface area contributed by atoms with Gasteiger partial charge in [0.2, 0.25) is 0 Å². The first-order valence-electron chi connectivity index (χ1n) is 8.62. The monoisotopic (exact) mass is 487 g/mol. The van der Waals surface area contributed by atoms with Gasteiger partial charge in [-0.2, -0.15) is 23.1 Å². The Kier molecular flexibility index (Phi) is 5.45. The van der Waals surface area contributed by atoms with Crippen LogP contribution in [0.25, 0.3) is 22.5 Å². The van der Waals surface area contributed by atoms with Crippen molar-refractivity contribution in [2.24, 2.45) is 0 Å². The van der Waals surface area contributed by atoms with Crippen molar-refractivity contribution in [3.05, 3.63) is 94.4 Å². The lowest BCUT2D eigenvalue weighted by Gasteiger charge is -2.11. The van der Waals surface area contributed by atoms with E-state index in [1.165, 1.54) is 16.9 Å². The van der Waals surface area contributed by atoms with E-state index in [1.807, 2.05) is 42.5 Å². The zero-order valence-corrected chi connectivity index (χ0v) is 18.1. The molecular formula is C21H15BrClN3O2S. The third-order valence-electron chi connectivity index (χ3n) is 4.25. The van der Waals surface area contributed by atoms with Gasteiger partial charge in [0.25, 0.3) is 10.0 Å². The van der Waals surface area contributed by atoms with Crippen LogP contribution in [0.2, 0.25) is 5.02 Å². The number of benzene rings is 3. The zero-order chi connectivity index (χ0) is 20.4. The maximum atomic E-state index is 12.8. The van der Waals surface area contributed by atoms with Gasteiger partial charge in [-0.05, 0) is 42.5 Å². The quantitative estimate of drug-likeness (QED) is 0.400. The molecular weight excluding hydrogens is 474 g/mol. The summed E-state index contributed by atoms with van der Waals surface area (Å²) in [5.74, 6) is 0. The fourth-order valence-electron chi connectivity index (χ4n) is 2.80. The van der Waals surface area contributed by atoms with E-state index in [0.29, 0.717) is 16.4 Å². The summed E-state index contributed by atoms with van der Waals surface area (Å²) in [6.45, 7) is 0. The van der Waals surface area contributed by atoms with Crippen LogP contribution in [0.5, 0.6) is 0 Å². The van der Waals surface area contributed by atoms with E-state index >= 15 is 0 Å². The molecule has 8 heteroatoms. The van der Waals surface area contributed by atoms with E-state index in [2.05, 4.69) is 25.9 Å². The van der Waals surface area contributed by atoms with E-state index in [9.17, 15) is 8.42 Å². The van der Waals surface area contributed by atoms with Crippen LogP contribution < -0.4 is 4.83 Å². The van der Waals surface area contributed by atoms with E-state index in [4.69, 9.17) is 11.6 Å². The topological polar surface area (TPSA) is 64.0 Å². The average molecular weight is 489 g/mol. The largest absolute Gasteiger partial charge is 0.276 e. The lowest BCUT2D eigenvalue weighted by molar-refractivity contribution is 0.592. The van der Waals surface area contributed by atoms with Crippen LogP contribution >= 0.6 is 27.5 Å². The Labute approximate surface area is 182 Å². The summed E-state index contributed by atoms with van der Waals surface area (Å²) in [4.78, 5) is 3.99. The molecule has 1 aromatic heterocycles. The molecule has 0 unspecified atom stereocenters. The van der Waals surface area contributed by atoms with Crippen molar-refractivity contribution < 1.29 is 8.42 Å². The van der Waals surface area contributed by atoms with E-state index < -0.39 is 10.0 Å². The molecule has 0 fully saturated rings. The maximum absolute atomic E-state index is 12.8. The Bertz CT molecular complexity index is 1240. The van der Waals surface area contributed by atoms with Crippen molar-refractivity contribution >= 4 is 37.6 Å². The van der Waals surface area contributed by atoms with Gasteiger partial charge < -0.3 is 0 Å². The average Bonchev–Trinajstić information content (AvgIpc) is 3.13. The second-order valence-electron chi connectivity index (χ2n) is 6.25. The summed E-state index contributed by atoms with van der Waals surface area (Å²) in [6.07, 6.45) is 0. The van der Waals surface area contributed by atoms with Crippen molar-refractivity contribution in [1.29, 1.82) is 0 Å². The Morgan fingerprint density at radius 3 is 2.14 bits per heavy atom. The molecule has 0 spiro atoms. The molecule has 0 saturated heterocycles. The minimum absolute atomic E-state index is 0.155. The second kappa shape index (κ2) is 8.02. The molecule has 5 nitrogen and oxygen atoms in total. The van der Waals surface area contributed by atoms with Crippen LogP contribution in [0.4, 0.5) is 0 Å². The molecule has 3 aromatic carbocycles. The van der Waals surface area contributed by atoms with Crippen LogP contribution in [0.3, 0.4) is 0 Å². The summed E-state index contributed by atoms with van der Waals surface area (Å²) in [5.41, 5.74) is 2.87. The summed E-state index contributed by atoms with van der Waals surface area (Å²) in [6, 6.07) is 24.8. The number of hydrogen-bond acceptors (Lipinski definition) is 3. The zero-order valence-electron chi connectivity index (χ0n) is 15.0. The molecule has 0 atom stereocenters. The molecule has 0 bridgehead atoms. The number of sulfonamides is 1. The SMILES string of the molecule is O=S(=O)(Nn1nc(-c2ccc(Br)cc2)cc1-c1ccc(Cl)cc1)c1ccccc1. The normalized spacial score (nSPS) is 11.4. The number of hydrogen-bond donors (Lipinski definition) is 1. The van der Waals surface area contributed by atoms with Gasteiger partial charge in [0, 0.05) is 20.6 Å². The Morgan fingerprint density at radius 2 is 1.48 bits per heavy atom.